The van der Waals surface area contributed by atoms with Gasteiger partial charge in [0, 0.05) is 31.2 Å². The van der Waals surface area contributed by atoms with Crippen molar-refractivity contribution < 1.29 is 22.8 Å². The molecule has 0 bridgehead atoms. The van der Waals surface area contributed by atoms with Gasteiger partial charge in [0.15, 0.2) is 0 Å². The lowest BCUT2D eigenvalue weighted by atomic mass is 10.00. The summed E-state index contributed by atoms with van der Waals surface area (Å²) in [4.78, 5) is 30.2. The Balaban J connectivity index is 2.06. The minimum absolute atomic E-state index is 0.0867. The lowest BCUT2D eigenvalue weighted by Crippen LogP contribution is -2.59. The molecule has 1 aromatic rings. The summed E-state index contributed by atoms with van der Waals surface area (Å²) in [5.74, 6) is -0.549. The zero-order valence-corrected chi connectivity index (χ0v) is 17.6. The molecule has 2 heterocycles. The van der Waals surface area contributed by atoms with E-state index in [0.29, 0.717) is 25.9 Å². The molecule has 0 aliphatic carbocycles. The summed E-state index contributed by atoms with van der Waals surface area (Å²) in [5, 5.41) is 5.54. The Labute approximate surface area is 173 Å². The van der Waals surface area contributed by atoms with Gasteiger partial charge in [-0.2, -0.15) is 13.2 Å². The summed E-state index contributed by atoms with van der Waals surface area (Å²) in [5.41, 5.74) is -2.00. The van der Waals surface area contributed by atoms with E-state index in [4.69, 9.17) is 11.6 Å². The maximum Gasteiger partial charge on any atom is 0.417 e. The number of hydrogen-bond donors (Lipinski definition) is 2. The van der Waals surface area contributed by atoms with E-state index in [-0.39, 0.29) is 34.6 Å². The van der Waals surface area contributed by atoms with Crippen molar-refractivity contribution in [2.24, 2.45) is 5.92 Å². The van der Waals surface area contributed by atoms with Gasteiger partial charge in [0.25, 0.3) is 0 Å². The normalized spacial score (nSPS) is 18.0. The summed E-state index contributed by atoms with van der Waals surface area (Å²) < 4.78 is 38.4. The molecule has 2 N–H and O–H groups in total. The van der Waals surface area contributed by atoms with Crippen molar-refractivity contribution >= 4 is 29.2 Å². The molecule has 29 heavy (non-hydrogen) atoms. The highest BCUT2D eigenvalue weighted by Crippen LogP contribution is 2.34. The first-order chi connectivity index (χ1) is 13.3. The van der Waals surface area contributed by atoms with Crippen molar-refractivity contribution in [2.75, 3.05) is 18.0 Å². The average molecular weight is 435 g/mol. The Bertz CT molecular complexity index is 768. The average Bonchev–Trinajstić information content (AvgIpc) is 2.60. The number of halogens is 4. The molecule has 0 spiro atoms. The maximum atomic E-state index is 12.8. The molecule has 6 nitrogen and oxygen atoms in total. The first-order valence-electron chi connectivity index (χ1n) is 9.42. The highest BCUT2D eigenvalue weighted by atomic mass is 35.5. The molecule has 0 saturated carbocycles. The van der Waals surface area contributed by atoms with Crippen LogP contribution in [0.1, 0.15) is 46.1 Å². The molecule has 2 amide bonds. The Hall–Kier alpha value is -2.03. The fourth-order valence-electron chi connectivity index (χ4n) is 2.98. The van der Waals surface area contributed by atoms with Gasteiger partial charge in [-0.15, -0.1) is 0 Å². The molecular weight excluding hydrogens is 409 g/mol. The van der Waals surface area contributed by atoms with E-state index >= 15 is 0 Å². The van der Waals surface area contributed by atoms with Crippen LogP contribution in [0.2, 0.25) is 5.02 Å². The second-order valence-corrected chi connectivity index (χ2v) is 8.46. The monoisotopic (exact) mass is 434 g/mol. The van der Waals surface area contributed by atoms with E-state index in [1.54, 1.807) is 32.6 Å². The predicted octanol–water partition coefficient (Wildman–Crippen LogP) is 3.39. The Morgan fingerprint density at radius 2 is 1.97 bits per heavy atom. The Morgan fingerprint density at radius 3 is 2.52 bits per heavy atom. The van der Waals surface area contributed by atoms with Crippen molar-refractivity contribution in [3.8, 4) is 0 Å². The smallest absolute Gasteiger partial charge is 0.353 e. The molecule has 1 aliphatic rings. The molecule has 1 aliphatic heterocycles. The summed E-state index contributed by atoms with van der Waals surface area (Å²) in [6.07, 6.45) is -2.34. The molecule has 162 valence electrons. The highest BCUT2D eigenvalue weighted by Gasteiger charge is 2.34. The zero-order valence-electron chi connectivity index (χ0n) is 16.9. The Kier molecular flexibility index (Phi) is 7.03. The van der Waals surface area contributed by atoms with Crippen molar-refractivity contribution in [3.05, 3.63) is 22.8 Å². The van der Waals surface area contributed by atoms with Gasteiger partial charge in [-0.3, -0.25) is 9.59 Å². The van der Waals surface area contributed by atoms with Crippen LogP contribution in [0.5, 0.6) is 0 Å². The van der Waals surface area contributed by atoms with Crippen LogP contribution >= 0.6 is 11.6 Å². The number of pyridine rings is 1. The van der Waals surface area contributed by atoms with Crippen molar-refractivity contribution in [2.45, 2.75) is 58.3 Å². The van der Waals surface area contributed by atoms with E-state index in [2.05, 4.69) is 15.6 Å². The van der Waals surface area contributed by atoms with Crippen LogP contribution in [0.4, 0.5) is 19.0 Å². The molecule has 10 heteroatoms. The lowest BCUT2D eigenvalue weighted by Gasteiger charge is -2.36. The van der Waals surface area contributed by atoms with Gasteiger partial charge < -0.3 is 15.5 Å². The van der Waals surface area contributed by atoms with E-state index in [1.165, 1.54) is 0 Å². The molecule has 1 saturated heterocycles. The first kappa shape index (κ1) is 23.3. The standard InChI is InChI=1S/C19H26ClF3N4O2/c1-11(2)16(28)26-18(3,4)17(29)25-13-6-5-7-27(10-13)15-14(20)8-12(9-24-15)19(21,22)23/h8-9,11,13H,5-7,10H2,1-4H3,(H,25,29)(H,26,28). The van der Waals surface area contributed by atoms with Crippen molar-refractivity contribution in [1.29, 1.82) is 0 Å². The van der Waals surface area contributed by atoms with Gasteiger partial charge in [-0.1, -0.05) is 25.4 Å². The molecule has 1 aromatic heterocycles. The third kappa shape index (κ3) is 5.98. The number of aromatic nitrogens is 1. The third-order valence-corrected chi connectivity index (χ3v) is 5.01. The van der Waals surface area contributed by atoms with E-state index in [0.717, 1.165) is 12.3 Å². The van der Waals surface area contributed by atoms with E-state index < -0.39 is 17.3 Å². The minimum atomic E-state index is -4.51. The largest absolute Gasteiger partial charge is 0.417 e. The molecule has 0 radical (unpaired) electrons. The summed E-state index contributed by atoms with van der Waals surface area (Å²) in [6.45, 7) is 7.65. The fraction of sp³-hybridized carbons (Fsp3) is 0.632. The van der Waals surface area contributed by atoms with Crippen molar-refractivity contribution in [1.82, 2.24) is 15.6 Å². The molecule has 2 rings (SSSR count). The van der Waals surface area contributed by atoms with Crippen molar-refractivity contribution in [3.63, 3.8) is 0 Å². The van der Waals surface area contributed by atoms with Crippen LogP contribution in [-0.4, -0.2) is 41.5 Å². The van der Waals surface area contributed by atoms with Crippen LogP contribution in [0.3, 0.4) is 0 Å². The number of carbonyl (C=O) groups excluding carboxylic acids is 2. The SMILES string of the molecule is CC(C)C(=O)NC(C)(C)C(=O)NC1CCCN(c2ncc(C(F)(F)F)cc2Cl)C1. The molecule has 1 fully saturated rings. The third-order valence-electron chi connectivity index (χ3n) is 4.73. The molecule has 1 atom stereocenters. The lowest BCUT2D eigenvalue weighted by molar-refractivity contribution is -0.137. The number of nitrogens with one attached hydrogen (secondary N) is 2. The van der Waals surface area contributed by atoms with Crippen LogP contribution in [-0.2, 0) is 15.8 Å². The second kappa shape index (κ2) is 8.77. The fourth-order valence-corrected chi connectivity index (χ4v) is 3.27. The minimum Gasteiger partial charge on any atom is -0.353 e. The highest BCUT2D eigenvalue weighted by molar-refractivity contribution is 6.33. The topological polar surface area (TPSA) is 74.3 Å². The number of hydrogen-bond acceptors (Lipinski definition) is 4. The van der Waals surface area contributed by atoms with Gasteiger partial charge in [0.2, 0.25) is 11.8 Å². The van der Waals surface area contributed by atoms with Gasteiger partial charge in [0.05, 0.1) is 10.6 Å². The quantitative estimate of drug-likeness (QED) is 0.745. The summed E-state index contributed by atoms with van der Waals surface area (Å²) in [6, 6.07) is 0.614. The van der Waals surface area contributed by atoms with Gasteiger partial charge >= 0.3 is 6.18 Å². The molecular formula is C19H26ClF3N4O2. The second-order valence-electron chi connectivity index (χ2n) is 8.05. The number of piperidine rings is 1. The molecule has 0 aromatic carbocycles. The van der Waals surface area contributed by atoms with Crippen LogP contribution in [0.15, 0.2) is 12.3 Å². The number of nitrogens with zero attached hydrogens (tertiary/aromatic N) is 2. The van der Waals surface area contributed by atoms with E-state index in [1.807, 2.05) is 0 Å². The number of rotatable bonds is 5. The number of amides is 2. The summed E-state index contributed by atoms with van der Waals surface area (Å²) in [7, 11) is 0. The van der Waals surface area contributed by atoms with Gasteiger partial charge in [0.1, 0.15) is 11.4 Å². The van der Waals surface area contributed by atoms with Crippen LogP contribution in [0.25, 0.3) is 0 Å². The predicted molar refractivity (Wildman–Crippen MR) is 105 cm³/mol. The number of carbonyl (C=O) groups is 2. The van der Waals surface area contributed by atoms with E-state index in [9.17, 15) is 22.8 Å². The number of alkyl halides is 3. The number of anilines is 1. The maximum absolute atomic E-state index is 12.8. The zero-order chi connectivity index (χ0) is 22.0. The van der Waals surface area contributed by atoms with Gasteiger partial charge in [-0.05, 0) is 32.8 Å². The first-order valence-corrected chi connectivity index (χ1v) is 9.79. The van der Waals surface area contributed by atoms with Crippen LogP contribution in [0, 0.1) is 5.92 Å². The molecule has 1 unspecified atom stereocenters. The van der Waals surface area contributed by atoms with Gasteiger partial charge in [-0.25, -0.2) is 4.98 Å². The van der Waals surface area contributed by atoms with Crippen LogP contribution < -0.4 is 15.5 Å². The Morgan fingerprint density at radius 1 is 1.31 bits per heavy atom. The summed E-state index contributed by atoms with van der Waals surface area (Å²) >= 11 is 6.04.